The summed E-state index contributed by atoms with van der Waals surface area (Å²) < 4.78 is 35.0. The number of benzene rings is 3. The van der Waals surface area contributed by atoms with E-state index in [1.807, 2.05) is 20.8 Å². The average Bonchev–Trinajstić information content (AvgIpc) is 2.97. The standard InChI is InChI=1S/C31H36BrCl2N3O5S/c1-6-21(4)35-31(39)28(7-2)36(18-22-10-11-23(33)16-27(22)34)30(38)19-37(24-12-8-20(3)9-13-24)43(40,41)25-14-15-29(42-5)26(32)17-25/h8-17,21,28H,6-7,18-19H2,1-5H3,(H,35,39)/t21-,28+/m0/s1. The van der Waals surface area contributed by atoms with Crippen LogP contribution in [0.4, 0.5) is 5.69 Å². The zero-order valence-electron chi connectivity index (χ0n) is 24.7. The molecule has 0 heterocycles. The number of methoxy groups -OCH3 is 1. The third-order valence-corrected chi connectivity index (χ3v) is 10.0. The largest absolute Gasteiger partial charge is 0.496 e. The highest BCUT2D eigenvalue weighted by molar-refractivity contribution is 9.10. The molecular weight excluding hydrogens is 677 g/mol. The van der Waals surface area contributed by atoms with Crippen molar-refractivity contribution in [2.45, 2.75) is 64.1 Å². The first-order valence-corrected chi connectivity index (χ1v) is 16.8. The first-order chi connectivity index (χ1) is 20.3. The lowest BCUT2D eigenvalue weighted by atomic mass is 10.1. The topological polar surface area (TPSA) is 96.0 Å². The molecule has 3 aromatic carbocycles. The molecule has 1 N–H and O–H groups in total. The Bertz CT molecular complexity index is 1550. The van der Waals surface area contributed by atoms with E-state index in [9.17, 15) is 18.0 Å². The van der Waals surface area contributed by atoms with E-state index in [0.717, 1.165) is 9.87 Å². The van der Waals surface area contributed by atoms with Gasteiger partial charge in [0.25, 0.3) is 10.0 Å². The minimum absolute atomic E-state index is 0.0306. The molecule has 2 amide bonds. The van der Waals surface area contributed by atoms with Gasteiger partial charge in [-0.15, -0.1) is 0 Å². The van der Waals surface area contributed by atoms with Gasteiger partial charge >= 0.3 is 0 Å². The van der Waals surface area contributed by atoms with Crippen LogP contribution < -0.4 is 14.4 Å². The minimum Gasteiger partial charge on any atom is -0.496 e. The Labute approximate surface area is 272 Å². The molecule has 0 fully saturated rings. The fourth-order valence-corrected chi connectivity index (χ4v) is 6.97. The van der Waals surface area contributed by atoms with Gasteiger partial charge in [0.1, 0.15) is 18.3 Å². The van der Waals surface area contributed by atoms with Crippen molar-refractivity contribution in [2.75, 3.05) is 18.0 Å². The Balaban J connectivity index is 2.10. The Morgan fingerprint density at radius 1 is 1.00 bits per heavy atom. The van der Waals surface area contributed by atoms with Crippen LogP contribution >= 0.6 is 39.1 Å². The number of aryl methyl sites for hydroxylation is 1. The van der Waals surface area contributed by atoms with Gasteiger partial charge in [-0.05, 0) is 90.6 Å². The van der Waals surface area contributed by atoms with Gasteiger partial charge in [0.05, 0.1) is 22.2 Å². The number of hydrogen-bond donors (Lipinski definition) is 1. The third kappa shape index (κ3) is 8.65. The zero-order chi connectivity index (χ0) is 31.9. The second-order valence-corrected chi connectivity index (χ2v) is 13.7. The van der Waals surface area contributed by atoms with Gasteiger partial charge in [-0.3, -0.25) is 13.9 Å². The fourth-order valence-electron chi connectivity index (χ4n) is 4.37. The van der Waals surface area contributed by atoms with Crippen LogP contribution in [0.25, 0.3) is 0 Å². The van der Waals surface area contributed by atoms with Crippen LogP contribution in [-0.4, -0.2) is 50.9 Å². The molecule has 0 saturated carbocycles. The smallest absolute Gasteiger partial charge is 0.264 e. The second-order valence-electron chi connectivity index (χ2n) is 10.1. The van der Waals surface area contributed by atoms with Gasteiger partial charge in [-0.2, -0.15) is 0 Å². The van der Waals surface area contributed by atoms with Crippen molar-refractivity contribution in [3.05, 3.63) is 86.3 Å². The maximum absolute atomic E-state index is 14.2. The second kappa shape index (κ2) is 15.3. The Hall–Kier alpha value is -2.79. The number of ether oxygens (including phenoxy) is 1. The lowest BCUT2D eigenvalue weighted by Gasteiger charge is -2.34. The van der Waals surface area contributed by atoms with E-state index in [4.69, 9.17) is 27.9 Å². The molecule has 3 rings (SSSR count). The Kier molecular flexibility index (Phi) is 12.3. The van der Waals surface area contributed by atoms with Gasteiger partial charge in [0.2, 0.25) is 11.8 Å². The molecule has 43 heavy (non-hydrogen) atoms. The number of hydrogen-bond acceptors (Lipinski definition) is 5. The van der Waals surface area contributed by atoms with Crippen LogP contribution in [0.2, 0.25) is 10.0 Å². The van der Waals surface area contributed by atoms with Crippen molar-refractivity contribution in [3.8, 4) is 5.75 Å². The summed E-state index contributed by atoms with van der Waals surface area (Å²) in [7, 11) is -2.77. The van der Waals surface area contributed by atoms with Crippen molar-refractivity contribution in [1.82, 2.24) is 10.2 Å². The highest BCUT2D eigenvalue weighted by Crippen LogP contribution is 2.31. The first kappa shape index (κ1) is 34.7. The third-order valence-electron chi connectivity index (χ3n) is 7.05. The summed E-state index contributed by atoms with van der Waals surface area (Å²) in [5.41, 5.74) is 1.79. The molecule has 0 aliphatic heterocycles. The van der Waals surface area contributed by atoms with E-state index < -0.39 is 28.5 Å². The van der Waals surface area contributed by atoms with Gasteiger partial charge in [-0.1, -0.05) is 60.8 Å². The van der Waals surface area contributed by atoms with Crippen LogP contribution in [0.15, 0.2) is 70.0 Å². The van der Waals surface area contributed by atoms with E-state index in [2.05, 4.69) is 21.2 Å². The highest BCUT2D eigenvalue weighted by Gasteiger charge is 2.34. The molecule has 0 aliphatic carbocycles. The van der Waals surface area contributed by atoms with E-state index in [-0.39, 0.29) is 23.4 Å². The molecule has 0 spiro atoms. The average molecular weight is 714 g/mol. The highest BCUT2D eigenvalue weighted by atomic mass is 79.9. The van der Waals surface area contributed by atoms with Crippen LogP contribution in [0.1, 0.15) is 44.7 Å². The zero-order valence-corrected chi connectivity index (χ0v) is 28.6. The molecule has 8 nitrogen and oxygen atoms in total. The van der Waals surface area contributed by atoms with E-state index in [1.54, 1.807) is 49.4 Å². The first-order valence-electron chi connectivity index (χ1n) is 13.8. The molecule has 232 valence electrons. The Morgan fingerprint density at radius 2 is 1.67 bits per heavy atom. The summed E-state index contributed by atoms with van der Waals surface area (Å²) in [5.74, 6) is -0.450. The van der Waals surface area contributed by atoms with Crippen molar-refractivity contribution >= 4 is 66.7 Å². The van der Waals surface area contributed by atoms with Crippen molar-refractivity contribution < 1.29 is 22.7 Å². The molecule has 3 aromatic rings. The number of halogens is 3. The quantitative estimate of drug-likeness (QED) is 0.206. The number of nitrogens with zero attached hydrogens (tertiary/aromatic N) is 2. The normalized spacial score (nSPS) is 12.7. The molecule has 0 unspecified atom stereocenters. The number of carbonyl (C=O) groups is 2. The summed E-state index contributed by atoms with van der Waals surface area (Å²) in [6.07, 6.45) is 0.998. The van der Waals surface area contributed by atoms with Crippen LogP contribution in [0, 0.1) is 6.92 Å². The predicted octanol–water partition coefficient (Wildman–Crippen LogP) is 6.99. The fraction of sp³-hybridized carbons (Fsp3) is 0.355. The number of sulfonamides is 1. The van der Waals surface area contributed by atoms with E-state index in [0.29, 0.717) is 44.4 Å². The van der Waals surface area contributed by atoms with Crippen molar-refractivity contribution in [2.24, 2.45) is 0 Å². The number of rotatable bonds is 13. The number of nitrogens with one attached hydrogen (secondary N) is 1. The predicted molar refractivity (Wildman–Crippen MR) is 175 cm³/mol. The van der Waals surface area contributed by atoms with Crippen LogP contribution in [0.3, 0.4) is 0 Å². The molecule has 0 bridgehead atoms. The van der Waals surface area contributed by atoms with Gasteiger partial charge in [-0.25, -0.2) is 8.42 Å². The summed E-state index contributed by atoms with van der Waals surface area (Å²) >= 11 is 15.9. The summed E-state index contributed by atoms with van der Waals surface area (Å²) in [6.45, 7) is 6.92. The van der Waals surface area contributed by atoms with Gasteiger partial charge < -0.3 is 15.0 Å². The van der Waals surface area contributed by atoms with Crippen molar-refractivity contribution in [1.29, 1.82) is 0 Å². The van der Waals surface area contributed by atoms with Crippen LogP contribution in [0.5, 0.6) is 5.75 Å². The van der Waals surface area contributed by atoms with Crippen LogP contribution in [-0.2, 0) is 26.2 Å². The number of anilines is 1. The molecule has 0 radical (unpaired) electrons. The SMILES string of the molecule is CC[C@H](C(=O)N[C@@H](C)CC)N(Cc1ccc(Cl)cc1Cl)C(=O)CN(c1ccc(C)cc1)S(=O)(=O)c1ccc(OC)c(Br)c1. The summed E-state index contributed by atoms with van der Waals surface area (Å²) in [5, 5.41) is 3.71. The summed E-state index contributed by atoms with van der Waals surface area (Å²) in [6, 6.07) is 15.1. The summed E-state index contributed by atoms with van der Waals surface area (Å²) in [4.78, 5) is 29.0. The molecular formula is C31H36BrCl2N3O5S. The maximum atomic E-state index is 14.2. The molecule has 0 aromatic heterocycles. The monoisotopic (exact) mass is 711 g/mol. The van der Waals surface area contributed by atoms with E-state index in [1.165, 1.54) is 30.2 Å². The van der Waals surface area contributed by atoms with Gasteiger partial charge in [0.15, 0.2) is 0 Å². The molecule has 0 saturated heterocycles. The molecule has 12 heteroatoms. The Morgan fingerprint density at radius 3 is 2.23 bits per heavy atom. The van der Waals surface area contributed by atoms with E-state index >= 15 is 0 Å². The van der Waals surface area contributed by atoms with Crippen molar-refractivity contribution in [3.63, 3.8) is 0 Å². The molecule has 2 atom stereocenters. The lowest BCUT2D eigenvalue weighted by molar-refractivity contribution is -0.140. The maximum Gasteiger partial charge on any atom is 0.264 e. The van der Waals surface area contributed by atoms with Gasteiger partial charge in [0, 0.05) is 22.6 Å². The number of amides is 2. The molecule has 0 aliphatic rings. The minimum atomic E-state index is -4.25. The lowest BCUT2D eigenvalue weighted by Crippen LogP contribution is -2.53. The number of carbonyl (C=O) groups excluding carboxylic acids is 2.